The van der Waals surface area contributed by atoms with Gasteiger partial charge in [-0.25, -0.2) is 4.98 Å². The highest BCUT2D eigenvalue weighted by molar-refractivity contribution is 7.14. The summed E-state index contributed by atoms with van der Waals surface area (Å²) >= 11 is 1.32. The van der Waals surface area contributed by atoms with Gasteiger partial charge in [0, 0.05) is 17.7 Å². The Labute approximate surface area is 170 Å². The number of aromatic nitrogens is 2. The van der Waals surface area contributed by atoms with Crippen molar-refractivity contribution in [2.24, 2.45) is 0 Å². The normalized spacial score (nSPS) is 10.8. The summed E-state index contributed by atoms with van der Waals surface area (Å²) in [4.78, 5) is 30.3. The molecule has 0 fully saturated rings. The summed E-state index contributed by atoms with van der Waals surface area (Å²) in [5.41, 5.74) is 2.47. The summed E-state index contributed by atoms with van der Waals surface area (Å²) < 4.78 is 10.5. The molecule has 0 N–H and O–H groups in total. The SMILES string of the molecule is CC(=O)N(c1ccccc1)c1nc(COC(=O)Cc2noc3ccccc23)cs1. The Balaban J connectivity index is 1.41. The third kappa shape index (κ3) is 4.17. The topological polar surface area (TPSA) is 85.5 Å². The maximum absolute atomic E-state index is 12.2. The lowest BCUT2D eigenvalue weighted by Gasteiger charge is -2.17. The molecule has 0 radical (unpaired) electrons. The van der Waals surface area contributed by atoms with Crippen molar-refractivity contribution in [1.29, 1.82) is 0 Å². The van der Waals surface area contributed by atoms with E-state index in [0.717, 1.165) is 11.1 Å². The molecule has 4 aromatic rings. The fourth-order valence-electron chi connectivity index (χ4n) is 2.88. The molecule has 2 aromatic heterocycles. The van der Waals surface area contributed by atoms with Crippen LogP contribution >= 0.6 is 11.3 Å². The molecule has 0 aliphatic carbocycles. The quantitative estimate of drug-likeness (QED) is 0.444. The Morgan fingerprint density at radius 1 is 1.10 bits per heavy atom. The number of hydrogen-bond donors (Lipinski definition) is 0. The second-order valence-electron chi connectivity index (χ2n) is 6.27. The Kier molecular flexibility index (Phi) is 5.35. The van der Waals surface area contributed by atoms with Crippen molar-refractivity contribution < 1.29 is 18.8 Å². The van der Waals surface area contributed by atoms with Gasteiger partial charge >= 0.3 is 5.97 Å². The Morgan fingerprint density at radius 2 is 1.86 bits per heavy atom. The zero-order chi connectivity index (χ0) is 20.2. The molecule has 0 spiro atoms. The average Bonchev–Trinajstić information content (AvgIpc) is 3.35. The fraction of sp³-hybridized carbons (Fsp3) is 0.143. The minimum absolute atomic E-state index is 0.0115. The lowest BCUT2D eigenvalue weighted by atomic mass is 10.2. The Morgan fingerprint density at radius 3 is 2.66 bits per heavy atom. The van der Waals surface area contributed by atoms with Crippen LogP contribution in [0.4, 0.5) is 10.8 Å². The summed E-state index contributed by atoms with van der Waals surface area (Å²) in [6, 6.07) is 16.6. The number of para-hydroxylation sites is 2. The van der Waals surface area contributed by atoms with Gasteiger partial charge < -0.3 is 9.26 Å². The molecule has 146 valence electrons. The number of carbonyl (C=O) groups excluding carboxylic acids is 2. The maximum atomic E-state index is 12.2. The second kappa shape index (κ2) is 8.24. The van der Waals surface area contributed by atoms with Crippen LogP contribution in [0.3, 0.4) is 0 Å². The summed E-state index contributed by atoms with van der Waals surface area (Å²) in [5.74, 6) is -0.572. The van der Waals surface area contributed by atoms with E-state index in [1.54, 1.807) is 11.4 Å². The predicted octanol–water partition coefficient (Wildman–Crippen LogP) is 4.25. The van der Waals surface area contributed by atoms with Crippen LogP contribution in [0.5, 0.6) is 0 Å². The number of thiazole rings is 1. The van der Waals surface area contributed by atoms with Gasteiger partial charge in [-0.1, -0.05) is 35.5 Å². The largest absolute Gasteiger partial charge is 0.459 e. The van der Waals surface area contributed by atoms with Gasteiger partial charge in [0.25, 0.3) is 0 Å². The van der Waals surface area contributed by atoms with Gasteiger partial charge in [-0.2, -0.15) is 0 Å². The van der Waals surface area contributed by atoms with Crippen molar-refractivity contribution in [1.82, 2.24) is 10.1 Å². The first-order valence-electron chi connectivity index (χ1n) is 8.91. The highest BCUT2D eigenvalue weighted by atomic mass is 32.1. The first-order valence-corrected chi connectivity index (χ1v) is 9.79. The number of fused-ring (bicyclic) bond motifs is 1. The van der Waals surface area contributed by atoms with Gasteiger partial charge in [0.1, 0.15) is 12.3 Å². The summed E-state index contributed by atoms with van der Waals surface area (Å²) in [6.07, 6.45) is 0.0115. The molecule has 0 atom stereocenters. The van der Waals surface area contributed by atoms with Crippen molar-refractivity contribution in [3.8, 4) is 0 Å². The molecule has 0 saturated carbocycles. The Hall–Kier alpha value is -3.52. The average molecular weight is 407 g/mol. The van der Waals surface area contributed by atoms with Crippen LogP contribution < -0.4 is 4.90 Å². The fourth-order valence-corrected chi connectivity index (χ4v) is 3.75. The minimum atomic E-state index is -0.426. The first-order chi connectivity index (χ1) is 14.1. The first kappa shape index (κ1) is 18.8. The van der Waals surface area contributed by atoms with Gasteiger partial charge in [-0.05, 0) is 24.3 Å². The number of nitrogens with zero attached hydrogens (tertiary/aromatic N) is 3. The highest BCUT2D eigenvalue weighted by Crippen LogP contribution is 2.29. The molecule has 29 heavy (non-hydrogen) atoms. The molecule has 1 amide bonds. The molecule has 2 heterocycles. The lowest BCUT2D eigenvalue weighted by Crippen LogP contribution is -2.22. The van der Waals surface area contributed by atoms with Gasteiger partial charge in [0.2, 0.25) is 5.91 Å². The van der Waals surface area contributed by atoms with Crippen LogP contribution in [0.25, 0.3) is 11.0 Å². The van der Waals surface area contributed by atoms with E-state index in [0.29, 0.717) is 22.1 Å². The summed E-state index contributed by atoms with van der Waals surface area (Å²) in [5, 5.41) is 7.03. The van der Waals surface area contributed by atoms with E-state index in [1.807, 2.05) is 48.5 Å². The van der Waals surface area contributed by atoms with Crippen molar-refractivity contribution in [3.63, 3.8) is 0 Å². The van der Waals surface area contributed by atoms with E-state index in [4.69, 9.17) is 9.26 Å². The standard InChI is InChI=1S/C21H17N3O4S/c1-14(25)24(16-7-3-2-4-8-16)21-22-15(13-29-21)12-27-20(26)11-18-17-9-5-6-10-19(17)28-23-18/h2-10,13H,11-12H2,1H3. The molecule has 0 bridgehead atoms. The van der Waals surface area contributed by atoms with E-state index in [1.165, 1.54) is 23.2 Å². The summed E-state index contributed by atoms with van der Waals surface area (Å²) in [6.45, 7) is 1.50. The van der Waals surface area contributed by atoms with Crippen LogP contribution in [0.15, 0.2) is 64.5 Å². The smallest absolute Gasteiger partial charge is 0.312 e. The van der Waals surface area contributed by atoms with Gasteiger partial charge in [-0.15, -0.1) is 11.3 Å². The van der Waals surface area contributed by atoms with Gasteiger partial charge in [-0.3, -0.25) is 14.5 Å². The molecule has 0 aliphatic heterocycles. The molecule has 2 aromatic carbocycles. The zero-order valence-electron chi connectivity index (χ0n) is 15.6. The third-order valence-corrected chi connectivity index (χ3v) is 5.08. The highest BCUT2D eigenvalue weighted by Gasteiger charge is 2.18. The monoisotopic (exact) mass is 407 g/mol. The van der Waals surface area contributed by atoms with Gasteiger partial charge in [0.05, 0.1) is 17.8 Å². The van der Waals surface area contributed by atoms with Crippen LogP contribution in [0.1, 0.15) is 18.3 Å². The van der Waals surface area contributed by atoms with Crippen molar-refractivity contribution in [3.05, 3.63) is 71.4 Å². The van der Waals surface area contributed by atoms with Gasteiger partial charge in [0.15, 0.2) is 10.7 Å². The molecule has 0 saturated heterocycles. The minimum Gasteiger partial charge on any atom is -0.459 e. The van der Waals surface area contributed by atoms with E-state index in [9.17, 15) is 9.59 Å². The van der Waals surface area contributed by atoms with Crippen molar-refractivity contribution >= 4 is 45.0 Å². The maximum Gasteiger partial charge on any atom is 0.312 e. The van der Waals surface area contributed by atoms with E-state index in [-0.39, 0.29) is 18.9 Å². The molecule has 4 rings (SSSR count). The summed E-state index contributed by atoms with van der Waals surface area (Å²) in [7, 11) is 0. The molecule has 8 heteroatoms. The zero-order valence-corrected chi connectivity index (χ0v) is 16.4. The number of amides is 1. The number of ether oxygens (including phenoxy) is 1. The lowest BCUT2D eigenvalue weighted by molar-refractivity contribution is -0.144. The van der Waals surface area contributed by atoms with Crippen LogP contribution in [0.2, 0.25) is 0 Å². The van der Waals surface area contributed by atoms with E-state index < -0.39 is 5.97 Å². The number of esters is 1. The number of carbonyl (C=O) groups is 2. The molecule has 0 unspecified atom stereocenters. The van der Waals surface area contributed by atoms with Crippen LogP contribution in [0, 0.1) is 0 Å². The van der Waals surface area contributed by atoms with Crippen molar-refractivity contribution in [2.75, 3.05) is 4.90 Å². The van der Waals surface area contributed by atoms with Crippen LogP contribution in [-0.4, -0.2) is 22.0 Å². The Bertz CT molecular complexity index is 1150. The predicted molar refractivity (Wildman–Crippen MR) is 109 cm³/mol. The number of anilines is 2. The van der Waals surface area contributed by atoms with Crippen molar-refractivity contribution in [2.45, 2.75) is 20.0 Å². The van der Waals surface area contributed by atoms with E-state index >= 15 is 0 Å². The second-order valence-corrected chi connectivity index (χ2v) is 7.11. The number of rotatable bonds is 6. The molecular formula is C21H17N3O4S. The van der Waals surface area contributed by atoms with E-state index in [2.05, 4.69) is 10.1 Å². The number of hydrogen-bond acceptors (Lipinski definition) is 7. The number of benzene rings is 2. The third-order valence-electron chi connectivity index (χ3n) is 4.21. The molecular weight excluding hydrogens is 390 g/mol. The molecule has 7 nitrogen and oxygen atoms in total. The molecule has 0 aliphatic rings. The van der Waals surface area contributed by atoms with Crippen LogP contribution in [-0.2, 0) is 27.4 Å².